The number of carboxylic acid groups (broad SMARTS) is 1. The zero-order valence-electron chi connectivity index (χ0n) is 15.3. The quantitative estimate of drug-likeness (QED) is 0.480. The lowest BCUT2D eigenvalue weighted by atomic mass is 10.1. The summed E-state index contributed by atoms with van der Waals surface area (Å²) in [7, 11) is 0. The smallest absolute Gasteiger partial charge is 0.335 e. The molecule has 146 valence electrons. The third kappa shape index (κ3) is 3.62. The minimum atomic E-state index is -1.01. The van der Waals surface area contributed by atoms with Gasteiger partial charge in [0.1, 0.15) is 12.2 Å². The van der Waals surface area contributed by atoms with Crippen molar-refractivity contribution in [3.63, 3.8) is 0 Å². The Morgan fingerprint density at radius 2 is 1.93 bits per heavy atom. The second-order valence-corrected chi connectivity index (χ2v) is 6.86. The summed E-state index contributed by atoms with van der Waals surface area (Å²) in [6.07, 6.45) is 1.47. The van der Waals surface area contributed by atoms with Gasteiger partial charge in [-0.1, -0.05) is 23.7 Å². The van der Waals surface area contributed by atoms with E-state index in [4.69, 9.17) is 30.3 Å². The molecule has 0 saturated carbocycles. The molecule has 29 heavy (non-hydrogen) atoms. The third-order valence-corrected chi connectivity index (χ3v) is 4.87. The van der Waals surface area contributed by atoms with E-state index in [1.165, 1.54) is 18.4 Å². The number of carbonyl (C=O) groups is 1. The molecule has 2 heterocycles. The summed E-state index contributed by atoms with van der Waals surface area (Å²) >= 11 is 6.18. The molecule has 0 amide bonds. The van der Waals surface area contributed by atoms with Crippen LogP contribution in [0.1, 0.15) is 21.5 Å². The molecule has 0 spiro atoms. The number of hydrogen-bond donors (Lipinski definition) is 1. The Morgan fingerprint density at radius 3 is 2.59 bits per heavy atom. The summed E-state index contributed by atoms with van der Waals surface area (Å²) in [5.74, 6) is -0.487. The number of furan rings is 1. The fourth-order valence-electron chi connectivity index (χ4n) is 2.90. The van der Waals surface area contributed by atoms with Crippen LogP contribution in [0.4, 0.5) is 0 Å². The number of halogens is 1. The first-order chi connectivity index (χ1) is 13.9. The van der Waals surface area contributed by atoms with Crippen molar-refractivity contribution < 1.29 is 23.5 Å². The van der Waals surface area contributed by atoms with Crippen LogP contribution in [0.3, 0.4) is 0 Å². The Labute approximate surface area is 169 Å². The van der Waals surface area contributed by atoms with Crippen molar-refractivity contribution in [2.45, 2.75) is 13.5 Å². The lowest BCUT2D eigenvalue weighted by molar-refractivity contribution is 0.0697. The van der Waals surface area contributed by atoms with E-state index in [1.807, 2.05) is 6.92 Å². The zero-order valence-corrected chi connectivity index (χ0v) is 16.0. The summed E-state index contributed by atoms with van der Waals surface area (Å²) in [5, 5.41) is 9.75. The first-order valence-corrected chi connectivity index (χ1v) is 9.07. The van der Waals surface area contributed by atoms with Crippen LogP contribution in [-0.4, -0.2) is 11.1 Å². The molecule has 0 aliphatic heterocycles. The van der Waals surface area contributed by atoms with Crippen LogP contribution >= 0.6 is 11.6 Å². The van der Waals surface area contributed by atoms with Crippen molar-refractivity contribution in [1.82, 2.24) is 0 Å². The van der Waals surface area contributed by atoms with Crippen molar-refractivity contribution in [2.75, 3.05) is 0 Å². The Bertz CT molecular complexity index is 1250. The molecular weight excluding hydrogens is 396 g/mol. The van der Waals surface area contributed by atoms with Crippen LogP contribution in [0.25, 0.3) is 22.5 Å². The molecule has 0 bridgehead atoms. The fourth-order valence-corrected chi connectivity index (χ4v) is 3.06. The average molecular weight is 411 g/mol. The van der Waals surface area contributed by atoms with Crippen molar-refractivity contribution in [3.05, 3.63) is 86.7 Å². The second-order valence-electron chi connectivity index (χ2n) is 6.46. The van der Waals surface area contributed by atoms with Gasteiger partial charge in [0, 0.05) is 5.02 Å². The molecule has 4 rings (SSSR count). The first-order valence-electron chi connectivity index (χ1n) is 8.70. The largest absolute Gasteiger partial charge is 0.481 e. The monoisotopic (exact) mass is 410 g/mol. The number of aromatic carboxylic acids is 1. The molecular formula is C22H15ClO6. The topological polar surface area (TPSA) is 89.9 Å². The molecule has 0 radical (unpaired) electrons. The van der Waals surface area contributed by atoms with Gasteiger partial charge < -0.3 is 18.7 Å². The maximum absolute atomic E-state index is 13.1. The third-order valence-electron chi connectivity index (χ3n) is 4.46. The second kappa shape index (κ2) is 7.48. The maximum atomic E-state index is 13.1. The number of rotatable bonds is 5. The lowest BCUT2D eigenvalue weighted by Gasteiger charge is -2.11. The number of ether oxygens (including phenoxy) is 1. The summed E-state index contributed by atoms with van der Waals surface area (Å²) in [6, 6.07) is 12.8. The summed E-state index contributed by atoms with van der Waals surface area (Å²) < 4.78 is 17.1. The molecule has 2 aromatic carbocycles. The van der Waals surface area contributed by atoms with E-state index in [0.717, 1.165) is 5.56 Å². The SMILES string of the molecule is Cc1cc2oc(-c3ccco3)c(OCc3ccc(C(=O)O)cc3)c(=O)c2cc1Cl. The fraction of sp³-hybridized carbons (Fsp3) is 0.0909. The molecule has 0 unspecified atom stereocenters. The van der Waals surface area contributed by atoms with E-state index >= 15 is 0 Å². The number of aryl methyl sites for hydroxylation is 1. The Balaban J connectivity index is 1.78. The number of benzene rings is 2. The lowest BCUT2D eigenvalue weighted by Crippen LogP contribution is -2.10. The normalized spacial score (nSPS) is 11.0. The van der Waals surface area contributed by atoms with Crippen LogP contribution in [-0.2, 0) is 6.61 Å². The van der Waals surface area contributed by atoms with Gasteiger partial charge in [0.15, 0.2) is 5.76 Å². The molecule has 0 saturated heterocycles. The standard InChI is InChI=1S/C22H15ClO6/c1-12-9-18-15(10-16(12)23)19(24)21(20(29-18)17-3-2-8-27-17)28-11-13-4-6-14(7-5-13)22(25)26/h2-10H,11H2,1H3,(H,25,26). The first kappa shape index (κ1) is 18.8. The minimum absolute atomic E-state index is 0.00493. The van der Waals surface area contributed by atoms with Crippen molar-refractivity contribution >= 4 is 28.5 Å². The van der Waals surface area contributed by atoms with Crippen LogP contribution in [0.2, 0.25) is 5.02 Å². The van der Waals surface area contributed by atoms with E-state index in [9.17, 15) is 9.59 Å². The van der Waals surface area contributed by atoms with Gasteiger partial charge in [-0.25, -0.2) is 4.79 Å². The Hall–Kier alpha value is -3.51. The van der Waals surface area contributed by atoms with Crippen molar-refractivity contribution in [1.29, 1.82) is 0 Å². The van der Waals surface area contributed by atoms with Crippen LogP contribution in [0.15, 0.2) is 68.4 Å². The van der Waals surface area contributed by atoms with Gasteiger partial charge in [-0.15, -0.1) is 0 Å². The number of hydrogen-bond acceptors (Lipinski definition) is 5. The highest BCUT2D eigenvalue weighted by molar-refractivity contribution is 6.32. The number of carboxylic acids is 1. The van der Waals surface area contributed by atoms with Gasteiger partial charge in [-0.05, 0) is 54.4 Å². The highest BCUT2D eigenvalue weighted by atomic mass is 35.5. The maximum Gasteiger partial charge on any atom is 0.335 e. The van der Waals surface area contributed by atoms with Crippen molar-refractivity contribution in [3.8, 4) is 17.3 Å². The highest BCUT2D eigenvalue weighted by Crippen LogP contribution is 2.33. The predicted octanol–water partition coefficient (Wildman–Crippen LogP) is 5.29. The summed E-state index contributed by atoms with van der Waals surface area (Å²) in [4.78, 5) is 24.1. The Morgan fingerprint density at radius 1 is 1.17 bits per heavy atom. The molecule has 4 aromatic rings. The number of fused-ring (bicyclic) bond motifs is 1. The molecule has 0 aliphatic carbocycles. The summed E-state index contributed by atoms with van der Waals surface area (Å²) in [6.45, 7) is 1.86. The van der Waals surface area contributed by atoms with Gasteiger partial charge in [-0.2, -0.15) is 0 Å². The van der Waals surface area contributed by atoms with E-state index in [-0.39, 0.29) is 29.1 Å². The van der Waals surface area contributed by atoms with E-state index in [1.54, 1.807) is 36.4 Å². The van der Waals surface area contributed by atoms with Crippen LogP contribution in [0, 0.1) is 6.92 Å². The van der Waals surface area contributed by atoms with Gasteiger partial charge in [0.2, 0.25) is 16.9 Å². The molecule has 0 atom stereocenters. The van der Waals surface area contributed by atoms with E-state index in [0.29, 0.717) is 27.3 Å². The predicted molar refractivity (Wildman–Crippen MR) is 108 cm³/mol. The molecule has 0 fully saturated rings. The molecule has 7 heteroatoms. The van der Waals surface area contributed by atoms with Gasteiger partial charge in [0.05, 0.1) is 17.2 Å². The van der Waals surface area contributed by atoms with E-state index < -0.39 is 5.97 Å². The molecule has 0 aliphatic rings. The van der Waals surface area contributed by atoms with Crippen molar-refractivity contribution in [2.24, 2.45) is 0 Å². The molecule has 1 N–H and O–H groups in total. The molecule has 2 aromatic heterocycles. The van der Waals surface area contributed by atoms with Crippen LogP contribution < -0.4 is 10.2 Å². The van der Waals surface area contributed by atoms with E-state index in [2.05, 4.69) is 0 Å². The van der Waals surface area contributed by atoms with Gasteiger partial charge in [-0.3, -0.25) is 4.79 Å². The highest BCUT2D eigenvalue weighted by Gasteiger charge is 2.20. The average Bonchev–Trinajstić information content (AvgIpc) is 3.24. The van der Waals surface area contributed by atoms with Gasteiger partial charge in [0.25, 0.3) is 0 Å². The minimum Gasteiger partial charge on any atom is -0.481 e. The van der Waals surface area contributed by atoms with Crippen LogP contribution in [0.5, 0.6) is 5.75 Å². The Kier molecular flexibility index (Phi) is 4.86. The summed E-state index contributed by atoms with van der Waals surface area (Å²) in [5.41, 5.74) is 1.64. The molecule has 6 nitrogen and oxygen atoms in total. The van der Waals surface area contributed by atoms with Gasteiger partial charge >= 0.3 is 5.97 Å². The zero-order chi connectivity index (χ0) is 20.5.